The third-order valence-corrected chi connectivity index (χ3v) is 3.67. The number of halogens is 1. The number of hydrogen-bond acceptors (Lipinski definition) is 3. The topological polar surface area (TPSA) is 27.7 Å². The Morgan fingerprint density at radius 2 is 2.29 bits per heavy atom. The summed E-state index contributed by atoms with van der Waals surface area (Å²) < 4.78 is 17.7. The van der Waals surface area contributed by atoms with E-state index in [1.54, 1.807) is 7.11 Å². The molecule has 2 rings (SSSR count). The van der Waals surface area contributed by atoms with Crippen molar-refractivity contribution in [2.24, 2.45) is 0 Å². The predicted molar refractivity (Wildman–Crippen MR) is 74.9 cm³/mol. The van der Waals surface area contributed by atoms with E-state index in [9.17, 15) is 0 Å². The number of benzene rings is 1. The summed E-state index contributed by atoms with van der Waals surface area (Å²) in [5, 5.41) is 0. The van der Waals surface area contributed by atoms with Gasteiger partial charge >= 0.3 is 0 Å². The first-order chi connectivity index (χ1) is 8.35. The van der Waals surface area contributed by atoms with Crippen molar-refractivity contribution >= 4 is 22.6 Å². The van der Waals surface area contributed by atoms with E-state index < -0.39 is 0 Å². The van der Waals surface area contributed by atoms with Gasteiger partial charge in [-0.1, -0.05) is 40.8 Å². The molecule has 0 aliphatic carbocycles. The molecule has 1 aliphatic heterocycles. The van der Waals surface area contributed by atoms with Crippen LogP contribution in [0.15, 0.2) is 24.3 Å². The van der Waals surface area contributed by atoms with Gasteiger partial charge in [-0.05, 0) is 12.5 Å². The summed E-state index contributed by atoms with van der Waals surface area (Å²) >= 11 is 2.35. The van der Waals surface area contributed by atoms with Crippen LogP contribution >= 0.6 is 22.6 Å². The van der Waals surface area contributed by atoms with Crippen molar-refractivity contribution in [2.45, 2.75) is 18.6 Å². The van der Waals surface area contributed by atoms with Crippen molar-refractivity contribution in [3.8, 4) is 5.75 Å². The van der Waals surface area contributed by atoms with Crippen LogP contribution in [0.1, 0.15) is 18.1 Å². The van der Waals surface area contributed by atoms with Crippen molar-refractivity contribution in [1.29, 1.82) is 0 Å². The molecule has 1 aromatic rings. The van der Waals surface area contributed by atoms with E-state index in [1.165, 1.54) is 0 Å². The molecule has 0 amide bonds. The van der Waals surface area contributed by atoms with Crippen molar-refractivity contribution in [3.63, 3.8) is 0 Å². The third kappa shape index (κ3) is 3.33. The Balaban J connectivity index is 2.10. The summed E-state index contributed by atoms with van der Waals surface area (Å²) in [5.74, 6) is 0.896. The van der Waals surface area contributed by atoms with Crippen LogP contribution in [-0.2, 0) is 9.47 Å². The average molecular weight is 348 g/mol. The molecular weight excluding hydrogens is 331 g/mol. The fourth-order valence-electron chi connectivity index (χ4n) is 1.98. The molecule has 1 aliphatic rings. The molecule has 1 saturated heterocycles. The van der Waals surface area contributed by atoms with Gasteiger partial charge in [-0.3, -0.25) is 0 Å². The monoisotopic (exact) mass is 348 g/mol. The fraction of sp³-hybridized carbons (Fsp3) is 0.538. The van der Waals surface area contributed by atoms with Crippen molar-refractivity contribution in [2.75, 3.05) is 24.8 Å². The summed E-state index contributed by atoms with van der Waals surface area (Å²) in [7, 11) is 1.70. The number of hydrogen-bond donors (Lipinski definition) is 0. The molecule has 2 atom stereocenters. The van der Waals surface area contributed by atoms with Gasteiger partial charge < -0.3 is 14.2 Å². The largest absolute Gasteiger partial charge is 0.496 e. The highest BCUT2D eigenvalue weighted by molar-refractivity contribution is 14.1. The quantitative estimate of drug-likeness (QED) is 0.605. The van der Waals surface area contributed by atoms with Gasteiger partial charge in [-0.2, -0.15) is 0 Å². The zero-order valence-corrected chi connectivity index (χ0v) is 12.1. The Morgan fingerprint density at radius 3 is 2.94 bits per heavy atom. The van der Waals surface area contributed by atoms with Crippen LogP contribution in [0.2, 0.25) is 0 Å². The Morgan fingerprint density at radius 1 is 1.47 bits per heavy atom. The van der Waals surface area contributed by atoms with Crippen LogP contribution in [-0.4, -0.2) is 30.9 Å². The SMILES string of the molecule is COc1ccccc1C(CI)OC1CCOC1. The lowest BCUT2D eigenvalue weighted by Crippen LogP contribution is -2.18. The van der Waals surface area contributed by atoms with Gasteiger partial charge in [0.05, 0.1) is 25.9 Å². The van der Waals surface area contributed by atoms with E-state index in [0.29, 0.717) is 6.61 Å². The minimum absolute atomic E-state index is 0.0819. The van der Waals surface area contributed by atoms with Gasteiger partial charge in [-0.25, -0.2) is 0 Å². The Labute approximate surface area is 116 Å². The molecule has 2 unspecified atom stereocenters. The first-order valence-electron chi connectivity index (χ1n) is 5.77. The minimum atomic E-state index is 0.0819. The zero-order valence-electron chi connectivity index (χ0n) is 9.90. The van der Waals surface area contributed by atoms with E-state index in [1.807, 2.05) is 18.2 Å². The summed E-state index contributed by atoms with van der Waals surface area (Å²) in [6.07, 6.45) is 1.29. The molecule has 0 radical (unpaired) electrons. The Hall–Kier alpha value is -0.330. The smallest absolute Gasteiger partial charge is 0.124 e. The average Bonchev–Trinajstić information content (AvgIpc) is 2.89. The highest BCUT2D eigenvalue weighted by Crippen LogP contribution is 2.31. The van der Waals surface area contributed by atoms with Crippen LogP contribution in [0.4, 0.5) is 0 Å². The molecular formula is C13H17IO3. The van der Waals surface area contributed by atoms with Gasteiger partial charge in [0.15, 0.2) is 0 Å². The minimum Gasteiger partial charge on any atom is -0.496 e. The molecule has 1 fully saturated rings. The summed E-state index contributed by atoms with van der Waals surface area (Å²) in [6, 6.07) is 8.04. The van der Waals surface area contributed by atoms with Gasteiger partial charge in [0.1, 0.15) is 5.75 Å². The molecule has 1 heterocycles. The lowest BCUT2D eigenvalue weighted by molar-refractivity contribution is -0.00477. The number of methoxy groups -OCH3 is 1. The first kappa shape index (κ1) is 13.1. The predicted octanol–water partition coefficient (Wildman–Crippen LogP) is 2.98. The van der Waals surface area contributed by atoms with Gasteiger partial charge in [0.2, 0.25) is 0 Å². The summed E-state index contributed by atoms with van der Waals surface area (Å²) in [4.78, 5) is 0. The highest BCUT2D eigenvalue weighted by Gasteiger charge is 2.23. The van der Waals surface area contributed by atoms with E-state index in [-0.39, 0.29) is 12.2 Å². The van der Waals surface area contributed by atoms with E-state index in [4.69, 9.17) is 14.2 Å². The number of alkyl halides is 1. The van der Waals surface area contributed by atoms with Gasteiger partial charge in [-0.15, -0.1) is 0 Å². The second-order valence-electron chi connectivity index (χ2n) is 4.01. The summed E-state index contributed by atoms with van der Waals surface area (Å²) in [6.45, 7) is 1.52. The Kier molecular flexibility index (Phi) is 5.06. The van der Waals surface area contributed by atoms with Crippen LogP contribution in [0.3, 0.4) is 0 Å². The number of ether oxygens (including phenoxy) is 3. The van der Waals surface area contributed by atoms with Crippen molar-refractivity contribution < 1.29 is 14.2 Å². The highest BCUT2D eigenvalue weighted by atomic mass is 127. The normalized spacial score (nSPS) is 21.4. The van der Waals surface area contributed by atoms with Crippen LogP contribution in [0.25, 0.3) is 0 Å². The molecule has 1 aromatic carbocycles. The van der Waals surface area contributed by atoms with E-state index in [0.717, 1.165) is 28.8 Å². The van der Waals surface area contributed by atoms with Crippen molar-refractivity contribution in [3.05, 3.63) is 29.8 Å². The molecule has 0 spiro atoms. The molecule has 17 heavy (non-hydrogen) atoms. The third-order valence-electron chi connectivity index (χ3n) is 2.87. The molecule has 3 nitrogen and oxygen atoms in total. The lowest BCUT2D eigenvalue weighted by Gasteiger charge is -2.21. The second kappa shape index (κ2) is 6.56. The van der Waals surface area contributed by atoms with Crippen LogP contribution < -0.4 is 4.74 Å². The fourth-order valence-corrected chi connectivity index (χ4v) is 2.66. The van der Waals surface area contributed by atoms with Crippen molar-refractivity contribution in [1.82, 2.24) is 0 Å². The van der Waals surface area contributed by atoms with E-state index in [2.05, 4.69) is 28.7 Å². The van der Waals surface area contributed by atoms with Gasteiger partial charge in [0, 0.05) is 16.6 Å². The molecule has 0 N–H and O–H groups in total. The number of para-hydroxylation sites is 1. The van der Waals surface area contributed by atoms with Crippen LogP contribution in [0, 0.1) is 0 Å². The maximum atomic E-state index is 6.08. The maximum absolute atomic E-state index is 6.08. The second-order valence-corrected chi connectivity index (χ2v) is 4.89. The van der Waals surface area contributed by atoms with Crippen LogP contribution in [0.5, 0.6) is 5.75 Å². The zero-order chi connectivity index (χ0) is 12.1. The standard InChI is InChI=1S/C13H17IO3/c1-15-12-5-3-2-4-11(12)13(8-14)17-10-6-7-16-9-10/h2-5,10,13H,6-9H2,1H3. The molecule has 0 bridgehead atoms. The van der Waals surface area contributed by atoms with E-state index >= 15 is 0 Å². The maximum Gasteiger partial charge on any atom is 0.124 e. The summed E-state index contributed by atoms with van der Waals surface area (Å²) in [5.41, 5.74) is 1.12. The Bertz CT molecular complexity index is 350. The molecule has 0 saturated carbocycles. The number of rotatable bonds is 5. The molecule has 94 valence electrons. The first-order valence-corrected chi connectivity index (χ1v) is 7.29. The van der Waals surface area contributed by atoms with Gasteiger partial charge in [0.25, 0.3) is 0 Å². The molecule has 0 aromatic heterocycles. The lowest BCUT2D eigenvalue weighted by atomic mass is 10.1. The molecule has 4 heteroatoms.